The zero-order chi connectivity index (χ0) is 19.3. The van der Waals surface area contributed by atoms with Gasteiger partial charge in [0.25, 0.3) is 5.91 Å². The molecule has 2 aliphatic rings. The van der Waals surface area contributed by atoms with E-state index in [2.05, 4.69) is 15.3 Å². The first-order valence-corrected chi connectivity index (χ1v) is 9.09. The number of carbonyl (C=O) groups is 1. The molecule has 1 aromatic carbocycles. The molecular weight excluding hydrogens is 358 g/mol. The lowest BCUT2D eigenvalue weighted by molar-refractivity contribution is -0.464. The van der Waals surface area contributed by atoms with Crippen LogP contribution in [0.3, 0.4) is 0 Å². The number of ether oxygens (including phenoxy) is 2. The summed E-state index contributed by atoms with van der Waals surface area (Å²) in [4.78, 5) is 21.3. The molecule has 1 atom stereocenters. The fraction of sp³-hybridized carbons (Fsp3) is 0.250. The molecule has 1 aliphatic carbocycles. The molecule has 0 bridgehead atoms. The summed E-state index contributed by atoms with van der Waals surface area (Å²) in [6.45, 7) is 0.878. The van der Waals surface area contributed by atoms with E-state index in [1.54, 1.807) is 32.0 Å². The summed E-state index contributed by atoms with van der Waals surface area (Å²) >= 11 is 0. The number of nitrogens with one attached hydrogen (secondary N) is 1. The first-order chi connectivity index (χ1) is 13.7. The molecule has 4 rings (SSSR count). The minimum absolute atomic E-state index is 0.0704. The number of hydrogen-bond acceptors (Lipinski definition) is 5. The Hall–Kier alpha value is -3.23. The van der Waals surface area contributed by atoms with E-state index in [1.165, 1.54) is 0 Å². The van der Waals surface area contributed by atoms with Crippen LogP contribution in [0, 0.1) is 0 Å². The second kappa shape index (κ2) is 8.20. The number of nitrogens with two attached hydrogens (primary N) is 1. The summed E-state index contributed by atoms with van der Waals surface area (Å²) in [6.07, 6.45) is 11.8. The molecule has 3 N–H and O–H groups in total. The van der Waals surface area contributed by atoms with E-state index in [9.17, 15) is 4.79 Å². The average molecular weight is 380 g/mol. The number of carbonyl (C=O) groups excluding carboxylic acids is 1. The van der Waals surface area contributed by atoms with Gasteiger partial charge in [-0.15, -0.1) is 0 Å². The first kappa shape index (κ1) is 18.1. The van der Waals surface area contributed by atoms with Crippen molar-refractivity contribution in [1.82, 2.24) is 14.9 Å². The van der Waals surface area contributed by atoms with Gasteiger partial charge < -0.3 is 19.4 Å². The van der Waals surface area contributed by atoms with Crippen molar-refractivity contribution in [3.8, 4) is 11.4 Å². The Balaban J connectivity index is 1.53. The standard InChI is InChI=1S/C20H21N5O3/c1-27-6-7-28-17-9-14(8-16(11-17)25-5-4-21-13-25)20(26)24-15-2-3-18-19(10-15)23-12-22-18/h3-5,8-13,15H,2,6-7H2,1H3,(H,22,23)(H,24,26)/p+1. The highest BCUT2D eigenvalue weighted by Crippen LogP contribution is 2.22. The molecule has 0 saturated heterocycles. The van der Waals surface area contributed by atoms with Crippen LogP contribution in [0.2, 0.25) is 0 Å². The molecule has 8 nitrogen and oxygen atoms in total. The number of aromatic nitrogens is 2. The highest BCUT2D eigenvalue weighted by Gasteiger charge is 2.23. The van der Waals surface area contributed by atoms with Crippen molar-refractivity contribution in [3.63, 3.8) is 0 Å². The maximum absolute atomic E-state index is 12.9. The van der Waals surface area contributed by atoms with Gasteiger partial charge in [-0.1, -0.05) is 6.08 Å². The second-order valence-electron chi connectivity index (χ2n) is 6.50. The van der Waals surface area contributed by atoms with Crippen molar-refractivity contribution < 1.29 is 19.6 Å². The third kappa shape index (κ3) is 4.03. The van der Waals surface area contributed by atoms with Gasteiger partial charge in [-0.2, -0.15) is 4.99 Å². The van der Waals surface area contributed by atoms with Gasteiger partial charge in [-0.3, -0.25) is 10.1 Å². The van der Waals surface area contributed by atoms with E-state index < -0.39 is 0 Å². The molecule has 0 spiro atoms. The Kier molecular flexibility index (Phi) is 5.31. The maximum atomic E-state index is 12.9. The van der Waals surface area contributed by atoms with Gasteiger partial charge in [0.1, 0.15) is 18.1 Å². The lowest BCUT2D eigenvalue weighted by atomic mass is 10.0. The number of fused-ring (bicyclic) bond motifs is 1. The molecule has 2 heterocycles. The van der Waals surface area contributed by atoms with E-state index in [-0.39, 0.29) is 11.9 Å². The number of imidazole rings is 1. The van der Waals surface area contributed by atoms with Crippen molar-refractivity contribution in [2.24, 2.45) is 4.99 Å². The molecule has 28 heavy (non-hydrogen) atoms. The number of rotatable bonds is 7. The van der Waals surface area contributed by atoms with Gasteiger partial charge in [0.2, 0.25) is 0 Å². The number of aliphatic imine (C=N–C) groups is 1. The van der Waals surface area contributed by atoms with Crippen LogP contribution >= 0.6 is 0 Å². The monoisotopic (exact) mass is 380 g/mol. The zero-order valence-corrected chi connectivity index (χ0v) is 15.5. The van der Waals surface area contributed by atoms with E-state index in [0.29, 0.717) is 30.9 Å². The highest BCUT2D eigenvalue weighted by molar-refractivity contribution is 5.95. The summed E-state index contributed by atoms with van der Waals surface area (Å²) in [5, 5.41) is 5.02. The SMILES string of the molecule is COCCOc1cc(C(=O)NC2C=C3[NH2+]C=NC3=CC2)cc(-n2ccnc2)c1. The normalized spacial score (nSPS) is 17.7. The lowest BCUT2D eigenvalue weighted by Gasteiger charge is -2.18. The van der Waals surface area contributed by atoms with Crippen molar-refractivity contribution in [2.75, 3.05) is 20.3 Å². The fourth-order valence-corrected chi connectivity index (χ4v) is 3.15. The van der Waals surface area contributed by atoms with Crippen molar-refractivity contribution in [2.45, 2.75) is 12.5 Å². The van der Waals surface area contributed by atoms with Crippen LogP contribution in [0.15, 0.2) is 65.5 Å². The van der Waals surface area contributed by atoms with Gasteiger partial charge >= 0.3 is 0 Å². The van der Waals surface area contributed by atoms with Crippen LogP contribution in [0.25, 0.3) is 5.69 Å². The smallest absolute Gasteiger partial charge is 0.251 e. The molecule has 0 radical (unpaired) electrons. The van der Waals surface area contributed by atoms with Gasteiger partial charge in [-0.05, 0) is 18.6 Å². The number of amides is 1. The van der Waals surface area contributed by atoms with E-state index in [1.807, 2.05) is 40.4 Å². The minimum Gasteiger partial charge on any atom is -0.491 e. The third-order valence-corrected chi connectivity index (χ3v) is 4.54. The van der Waals surface area contributed by atoms with Crippen molar-refractivity contribution in [3.05, 3.63) is 66.0 Å². The first-order valence-electron chi connectivity index (χ1n) is 9.09. The predicted octanol–water partition coefficient (Wildman–Crippen LogP) is 0.773. The molecule has 2 aromatic rings. The minimum atomic E-state index is -0.156. The Morgan fingerprint density at radius 2 is 2.29 bits per heavy atom. The van der Waals surface area contributed by atoms with Crippen LogP contribution in [0.1, 0.15) is 16.8 Å². The van der Waals surface area contributed by atoms with Crippen LogP contribution in [-0.2, 0) is 4.74 Å². The number of methoxy groups -OCH3 is 1. The van der Waals surface area contributed by atoms with Crippen LogP contribution in [-0.4, -0.2) is 48.2 Å². The summed E-state index contributed by atoms with van der Waals surface area (Å²) in [5.74, 6) is 0.450. The maximum Gasteiger partial charge on any atom is 0.251 e. The predicted molar refractivity (Wildman–Crippen MR) is 103 cm³/mol. The molecule has 1 aliphatic heterocycles. The van der Waals surface area contributed by atoms with Crippen LogP contribution in [0.4, 0.5) is 0 Å². The Bertz CT molecular complexity index is 947. The number of quaternary nitrogens is 1. The number of benzene rings is 1. The van der Waals surface area contributed by atoms with Crippen molar-refractivity contribution >= 4 is 12.2 Å². The van der Waals surface area contributed by atoms with Crippen LogP contribution < -0.4 is 15.4 Å². The van der Waals surface area contributed by atoms with Gasteiger partial charge in [0, 0.05) is 37.2 Å². The molecule has 1 unspecified atom stereocenters. The zero-order valence-electron chi connectivity index (χ0n) is 15.5. The second-order valence-corrected chi connectivity index (χ2v) is 6.50. The molecular formula is C20H22N5O3+. The third-order valence-electron chi connectivity index (χ3n) is 4.54. The van der Waals surface area contributed by atoms with Crippen LogP contribution in [0.5, 0.6) is 5.75 Å². The molecule has 0 saturated carbocycles. The molecule has 0 fully saturated rings. The van der Waals surface area contributed by atoms with E-state index in [0.717, 1.165) is 17.1 Å². The molecule has 8 heteroatoms. The average Bonchev–Trinajstić information content (AvgIpc) is 3.39. The summed E-state index contributed by atoms with van der Waals surface area (Å²) < 4.78 is 12.6. The summed E-state index contributed by atoms with van der Waals surface area (Å²) in [7, 11) is 1.62. The molecule has 1 amide bonds. The highest BCUT2D eigenvalue weighted by atomic mass is 16.5. The largest absolute Gasteiger partial charge is 0.491 e. The number of nitrogens with zero attached hydrogens (tertiary/aromatic N) is 3. The molecule has 1 aromatic heterocycles. The summed E-state index contributed by atoms with van der Waals surface area (Å²) in [5.41, 5.74) is 3.35. The van der Waals surface area contributed by atoms with E-state index in [4.69, 9.17) is 9.47 Å². The Morgan fingerprint density at radius 1 is 1.36 bits per heavy atom. The Morgan fingerprint density at radius 3 is 3.11 bits per heavy atom. The van der Waals surface area contributed by atoms with Gasteiger partial charge in [0.15, 0.2) is 12.0 Å². The Labute approximate surface area is 162 Å². The fourth-order valence-electron chi connectivity index (χ4n) is 3.15. The van der Waals surface area contributed by atoms with Gasteiger partial charge in [-0.25, -0.2) is 4.98 Å². The summed E-state index contributed by atoms with van der Waals surface area (Å²) in [6, 6.07) is 5.37. The topological polar surface area (TPSA) is 94.4 Å². The van der Waals surface area contributed by atoms with Crippen molar-refractivity contribution in [1.29, 1.82) is 0 Å². The number of hydrogen-bond donors (Lipinski definition) is 2. The van der Waals surface area contributed by atoms with E-state index >= 15 is 0 Å². The quantitative estimate of drug-likeness (QED) is 0.694. The molecule has 144 valence electrons. The lowest BCUT2D eigenvalue weighted by Crippen LogP contribution is -2.78. The van der Waals surface area contributed by atoms with Gasteiger partial charge in [0.05, 0.1) is 24.7 Å².